The van der Waals surface area contributed by atoms with E-state index in [1.165, 1.54) is 15.9 Å². The zero-order chi connectivity index (χ0) is 26.6. The molecule has 1 aliphatic rings. The smallest absolute Gasteiger partial charge is 0.338 e. The number of aromatic nitrogens is 1. The van der Waals surface area contributed by atoms with Crippen LogP contribution < -0.4 is 19.6 Å². The normalized spacial score (nSPS) is 15.1. The Balaban J connectivity index is 1.52. The zero-order valence-corrected chi connectivity index (χ0v) is 22.5. The van der Waals surface area contributed by atoms with Gasteiger partial charge in [-0.05, 0) is 54.8 Å². The fraction of sp³-hybridized carbons (Fsp3) is 0.167. The molecule has 1 aromatic heterocycles. The second kappa shape index (κ2) is 11.2. The summed E-state index contributed by atoms with van der Waals surface area (Å²) in [6.45, 7) is 4.18. The SMILES string of the molecule is CCOC(=O)C1=C(C)N=c2s/c(=C\c3ccc(OCc4ccccc4)cc3)c(=O)n2[C@@H]1c1ccccc1Cl. The molecule has 192 valence electrons. The quantitative estimate of drug-likeness (QED) is 0.306. The van der Waals surface area contributed by atoms with Crippen LogP contribution in [0.15, 0.2) is 99.9 Å². The molecule has 1 aliphatic heterocycles. The number of halogens is 1. The topological polar surface area (TPSA) is 69.9 Å². The Bertz CT molecular complexity index is 1690. The first-order valence-electron chi connectivity index (χ1n) is 12.2. The standard InChI is InChI=1S/C30H25ClN2O4S/c1-3-36-29(35)26-19(2)32-30-33(27(26)23-11-7-8-12-24(23)31)28(34)25(38-30)17-20-13-15-22(16-14-20)37-18-21-9-5-4-6-10-21/h4-17,27H,3,18H2,1-2H3/b25-17-/t27-/m1/s1. The summed E-state index contributed by atoms with van der Waals surface area (Å²) in [7, 11) is 0. The number of allylic oxidation sites excluding steroid dienone is 1. The van der Waals surface area contributed by atoms with Crippen LogP contribution in [-0.2, 0) is 16.1 Å². The summed E-state index contributed by atoms with van der Waals surface area (Å²) in [5.41, 5.74) is 3.12. The van der Waals surface area contributed by atoms with Gasteiger partial charge in [0.25, 0.3) is 5.56 Å². The lowest BCUT2D eigenvalue weighted by Gasteiger charge is -2.25. The maximum absolute atomic E-state index is 13.7. The van der Waals surface area contributed by atoms with E-state index in [4.69, 9.17) is 21.1 Å². The van der Waals surface area contributed by atoms with Gasteiger partial charge in [0, 0.05) is 5.02 Å². The molecule has 0 unspecified atom stereocenters. The first-order chi connectivity index (χ1) is 18.5. The van der Waals surface area contributed by atoms with E-state index in [2.05, 4.69) is 4.99 Å². The molecule has 0 saturated carbocycles. The van der Waals surface area contributed by atoms with E-state index < -0.39 is 12.0 Å². The van der Waals surface area contributed by atoms with Crippen molar-refractivity contribution in [1.29, 1.82) is 0 Å². The van der Waals surface area contributed by atoms with Crippen LogP contribution in [0.4, 0.5) is 0 Å². The van der Waals surface area contributed by atoms with Gasteiger partial charge in [0.05, 0.1) is 22.4 Å². The Labute approximate surface area is 228 Å². The lowest BCUT2D eigenvalue weighted by atomic mass is 9.96. The van der Waals surface area contributed by atoms with Crippen molar-refractivity contribution in [3.63, 3.8) is 0 Å². The van der Waals surface area contributed by atoms with E-state index in [0.29, 0.717) is 37.8 Å². The molecule has 6 nitrogen and oxygen atoms in total. The van der Waals surface area contributed by atoms with Gasteiger partial charge >= 0.3 is 5.97 Å². The van der Waals surface area contributed by atoms with Gasteiger partial charge in [-0.1, -0.05) is 83.6 Å². The maximum Gasteiger partial charge on any atom is 0.338 e. The third kappa shape index (κ3) is 5.21. The highest BCUT2D eigenvalue weighted by Gasteiger charge is 2.34. The van der Waals surface area contributed by atoms with E-state index in [1.807, 2.05) is 78.9 Å². The molecule has 0 N–H and O–H groups in total. The van der Waals surface area contributed by atoms with Crippen molar-refractivity contribution in [3.05, 3.63) is 132 Å². The number of benzene rings is 3. The molecule has 2 heterocycles. The Morgan fingerprint density at radius 3 is 2.47 bits per heavy atom. The number of hydrogen-bond donors (Lipinski definition) is 0. The summed E-state index contributed by atoms with van der Waals surface area (Å²) in [5, 5.41) is 0.453. The number of fused-ring (bicyclic) bond motifs is 1. The van der Waals surface area contributed by atoms with Crippen LogP contribution in [0.5, 0.6) is 5.75 Å². The van der Waals surface area contributed by atoms with Crippen molar-refractivity contribution in [1.82, 2.24) is 4.57 Å². The Morgan fingerprint density at radius 1 is 1.05 bits per heavy atom. The molecule has 0 bridgehead atoms. The Hall–Kier alpha value is -3.94. The highest BCUT2D eigenvalue weighted by Crippen LogP contribution is 2.34. The minimum absolute atomic E-state index is 0.209. The van der Waals surface area contributed by atoms with Crippen molar-refractivity contribution in [3.8, 4) is 5.75 Å². The van der Waals surface area contributed by atoms with E-state index >= 15 is 0 Å². The maximum atomic E-state index is 13.7. The monoisotopic (exact) mass is 544 g/mol. The average Bonchev–Trinajstić information content (AvgIpc) is 3.22. The molecule has 0 radical (unpaired) electrons. The van der Waals surface area contributed by atoms with Gasteiger partial charge in [-0.3, -0.25) is 9.36 Å². The van der Waals surface area contributed by atoms with Gasteiger partial charge in [-0.15, -0.1) is 0 Å². The summed E-state index contributed by atoms with van der Waals surface area (Å²) in [4.78, 5) is 31.8. The molecule has 0 amide bonds. The molecule has 3 aromatic carbocycles. The second-order valence-electron chi connectivity index (χ2n) is 8.67. The molecule has 0 spiro atoms. The lowest BCUT2D eigenvalue weighted by Crippen LogP contribution is -2.40. The summed E-state index contributed by atoms with van der Waals surface area (Å²) in [5.74, 6) is 0.222. The first kappa shape index (κ1) is 25.7. The molecule has 8 heteroatoms. The number of ether oxygens (including phenoxy) is 2. The molecule has 1 atom stereocenters. The van der Waals surface area contributed by atoms with Crippen molar-refractivity contribution in [2.24, 2.45) is 4.99 Å². The number of rotatable bonds is 7. The van der Waals surface area contributed by atoms with Crippen LogP contribution in [0, 0.1) is 0 Å². The molecular weight excluding hydrogens is 520 g/mol. The predicted octanol–water partition coefficient (Wildman–Crippen LogP) is 5.03. The largest absolute Gasteiger partial charge is 0.489 e. The van der Waals surface area contributed by atoms with E-state index in [1.54, 1.807) is 19.9 Å². The molecule has 38 heavy (non-hydrogen) atoms. The van der Waals surface area contributed by atoms with Crippen LogP contribution in [-0.4, -0.2) is 17.1 Å². The van der Waals surface area contributed by atoms with Crippen LogP contribution in [0.2, 0.25) is 5.02 Å². The Kier molecular flexibility index (Phi) is 7.58. The van der Waals surface area contributed by atoms with E-state index in [9.17, 15) is 9.59 Å². The van der Waals surface area contributed by atoms with Crippen molar-refractivity contribution in [2.45, 2.75) is 26.5 Å². The van der Waals surface area contributed by atoms with Gasteiger partial charge < -0.3 is 9.47 Å². The number of hydrogen-bond acceptors (Lipinski definition) is 6. The first-order valence-corrected chi connectivity index (χ1v) is 13.4. The van der Waals surface area contributed by atoms with Gasteiger partial charge in [0.2, 0.25) is 0 Å². The highest BCUT2D eigenvalue weighted by atomic mass is 35.5. The van der Waals surface area contributed by atoms with Crippen molar-refractivity contribution in [2.75, 3.05) is 6.61 Å². The van der Waals surface area contributed by atoms with E-state index in [0.717, 1.165) is 16.9 Å². The number of carbonyl (C=O) groups is 1. The third-order valence-corrected chi connectivity index (χ3v) is 7.47. The molecule has 0 saturated heterocycles. The molecular formula is C30H25ClN2O4S. The third-order valence-electron chi connectivity index (χ3n) is 6.14. The minimum Gasteiger partial charge on any atom is -0.489 e. The van der Waals surface area contributed by atoms with Gasteiger partial charge in [0.15, 0.2) is 4.80 Å². The van der Waals surface area contributed by atoms with Crippen LogP contribution in [0.3, 0.4) is 0 Å². The molecule has 5 rings (SSSR count). The minimum atomic E-state index is -0.741. The molecule has 0 aliphatic carbocycles. The highest BCUT2D eigenvalue weighted by molar-refractivity contribution is 7.07. The summed E-state index contributed by atoms with van der Waals surface area (Å²) < 4.78 is 13.2. The van der Waals surface area contributed by atoms with Crippen LogP contribution in [0.1, 0.15) is 36.6 Å². The summed E-state index contributed by atoms with van der Waals surface area (Å²) >= 11 is 7.82. The average molecular weight is 545 g/mol. The summed E-state index contributed by atoms with van der Waals surface area (Å²) in [6, 6.07) is 24.0. The van der Waals surface area contributed by atoms with Gasteiger partial charge in [0.1, 0.15) is 18.4 Å². The van der Waals surface area contributed by atoms with Crippen molar-refractivity contribution >= 4 is 35.0 Å². The predicted molar refractivity (Wildman–Crippen MR) is 149 cm³/mol. The fourth-order valence-corrected chi connectivity index (χ4v) is 5.62. The molecule has 0 fully saturated rings. The zero-order valence-electron chi connectivity index (χ0n) is 20.9. The summed E-state index contributed by atoms with van der Waals surface area (Å²) in [6.07, 6.45) is 1.82. The number of thiazole rings is 1. The van der Waals surface area contributed by atoms with Gasteiger partial charge in [-0.25, -0.2) is 9.79 Å². The number of nitrogens with zero attached hydrogens (tertiary/aromatic N) is 2. The van der Waals surface area contributed by atoms with Crippen LogP contribution >= 0.6 is 22.9 Å². The number of esters is 1. The second-order valence-corrected chi connectivity index (χ2v) is 10.1. The number of carbonyl (C=O) groups excluding carboxylic acids is 1. The Morgan fingerprint density at radius 2 is 1.76 bits per heavy atom. The van der Waals surface area contributed by atoms with Gasteiger partial charge in [-0.2, -0.15) is 0 Å². The van der Waals surface area contributed by atoms with Crippen LogP contribution in [0.25, 0.3) is 6.08 Å². The lowest BCUT2D eigenvalue weighted by molar-refractivity contribution is -0.139. The van der Waals surface area contributed by atoms with Crippen molar-refractivity contribution < 1.29 is 14.3 Å². The molecule has 4 aromatic rings. The fourth-order valence-electron chi connectivity index (χ4n) is 4.34. The van der Waals surface area contributed by atoms with E-state index in [-0.39, 0.29) is 12.2 Å².